The largest absolute Gasteiger partial charge is 0.460 e. The van der Waals surface area contributed by atoms with Crippen LogP contribution in [0.15, 0.2) is 70.9 Å². The van der Waals surface area contributed by atoms with Gasteiger partial charge in [0.1, 0.15) is 0 Å². The highest BCUT2D eigenvalue weighted by molar-refractivity contribution is 6.34. The highest BCUT2D eigenvalue weighted by atomic mass is 19.4. The van der Waals surface area contributed by atoms with Gasteiger partial charge in [-0.25, -0.2) is 0 Å². The Kier molecular flexibility index (Phi) is 6.26. The second-order valence-electron chi connectivity index (χ2n) is 5.36. The van der Waals surface area contributed by atoms with Crippen molar-refractivity contribution in [1.82, 2.24) is 0 Å². The normalized spacial score (nSPS) is 13.6. The smallest absolute Gasteiger partial charge is 0.278 e. The number of hydrogen-bond donors (Lipinski definition) is 2. The van der Waals surface area contributed by atoms with Crippen LogP contribution >= 0.6 is 0 Å². The van der Waals surface area contributed by atoms with E-state index >= 15 is 0 Å². The van der Waals surface area contributed by atoms with Crippen molar-refractivity contribution in [3.05, 3.63) is 60.7 Å². The minimum atomic E-state index is -6.50. The molecular weight excluding hydrogens is 393 g/mol. The lowest BCUT2D eigenvalue weighted by Crippen LogP contribution is -2.56. The molecule has 0 amide bonds. The molecule has 0 bridgehead atoms. The maximum atomic E-state index is 14.0. The molecule has 0 spiro atoms. The molecule has 0 aliphatic carbocycles. The summed E-state index contributed by atoms with van der Waals surface area (Å²) in [5, 5.41) is 6.31. The molecule has 2 aromatic carbocycles. The number of anilines is 2. The van der Waals surface area contributed by atoms with E-state index < -0.39 is 23.7 Å². The lowest BCUT2D eigenvalue weighted by Gasteiger charge is -2.27. The SMILES string of the molecule is FC(F)(F)C(F)(F)C(F)(F)C(/C=N\Nc1ccccc1)=N\Nc1ccccc1. The fourth-order valence-corrected chi connectivity index (χ4v) is 1.84. The number of hydrogen-bond acceptors (Lipinski definition) is 4. The zero-order valence-corrected chi connectivity index (χ0v) is 13.9. The monoisotopic (exact) mass is 406 g/mol. The summed E-state index contributed by atoms with van der Waals surface area (Å²) in [6.07, 6.45) is -6.40. The van der Waals surface area contributed by atoms with Gasteiger partial charge < -0.3 is 0 Å². The van der Waals surface area contributed by atoms with Crippen molar-refractivity contribution in [2.45, 2.75) is 18.0 Å². The molecule has 0 atom stereocenters. The van der Waals surface area contributed by atoms with Crippen LogP contribution in [0.1, 0.15) is 0 Å². The molecule has 0 radical (unpaired) electrons. The highest BCUT2D eigenvalue weighted by Gasteiger charge is 2.74. The Balaban J connectivity index is 2.34. The fourth-order valence-electron chi connectivity index (χ4n) is 1.84. The second-order valence-corrected chi connectivity index (χ2v) is 5.36. The van der Waals surface area contributed by atoms with E-state index in [1.807, 2.05) is 5.43 Å². The molecule has 0 heterocycles. The molecule has 2 rings (SSSR count). The van der Waals surface area contributed by atoms with E-state index in [2.05, 4.69) is 15.6 Å². The Labute approximate surface area is 154 Å². The van der Waals surface area contributed by atoms with Crippen molar-refractivity contribution in [2.24, 2.45) is 10.2 Å². The number of alkyl halides is 7. The van der Waals surface area contributed by atoms with Gasteiger partial charge >= 0.3 is 18.0 Å². The third kappa shape index (κ3) is 4.78. The number of halogens is 7. The Hall–Kier alpha value is -3.11. The quantitative estimate of drug-likeness (QED) is 0.368. The lowest BCUT2D eigenvalue weighted by molar-refractivity contribution is -0.335. The predicted molar refractivity (Wildman–Crippen MR) is 92.0 cm³/mol. The first kappa shape index (κ1) is 21.2. The zero-order chi connectivity index (χ0) is 20.8. The van der Waals surface area contributed by atoms with Crippen LogP contribution in [0.3, 0.4) is 0 Å². The Morgan fingerprint density at radius 3 is 1.64 bits per heavy atom. The van der Waals surface area contributed by atoms with Crippen molar-refractivity contribution in [3.8, 4) is 0 Å². The van der Waals surface area contributed by atoms with E-state index in [0.29, 0.717) is 5.69 Å². The number of para-hydroxylation sites is 2. The van der Waals surface area contributed by atoms with Gasteiger partial charge in [-0.15, -0.1) is 0 Å². The molecule has 2 aromatic rings. The third-order valence-corrected chi connectivity index (χ3v) is 3.31. The maximum Gasteiger partial charge on any atom is 0.460 e. The first-order valence-corrected chi connectivity index (χ1v) is 7.61. The summed E-state index contributed by atoms with van der Waals surface area (Å²) in [4.78, 5) is 0. The van der Waals surface area contributed by atoms with E-state index in [0.717, 1.165) is 0 Å². The Morgan fingerprint density at radius 1 is 0.714 bits per heavy atom. The number of rotatable bonds is 7. The molecule has 0 saturated heterocycles. The van der Waals surface area contributed by atoms with Crippen LogP contribution in [0, 0.1) is 0 Å². The molecule has 150 valence electrons. The van der Waals surface area contributed by atoms with Crippen LogP contribution in [-0.2, 0) is 0 Å². The van der Waals surface area contributed by atoms with Gasteiger partial charge in [-0.1, -0.05) is 36.4 Å². The summed E-state index contributed by atoms with van der Waals surface area (Å²) in [6.45, 7) is 0. The van der Waals surface area contributed by atoms with E-state index in [1.165, 1.54) is 36.4 Å². The van der Waals surface area contributed by atoms with Crippen LogP contribution in [0.4, 0.5) is 42.1 Å². The average molecular weight is 406 g/mol. The van der Waals surface area contributed by atoms with Gasteiger partial charge in [0.2, 0.25) is 0 Å². The molecule has 2 N–H and O–H groups in total. The second kappa shape index (κ2) is 8.28. The fraction of sp³-hybridized carbons (Fsp3) is 0.176. The minimum Gasteiger partial charge on any atom is -0.278 e. The number of nitrogens with one attached hydrogen (secondary N) is 2. The van der Waals surface area contributed by atoms with Gasteiger partial charge in [-0.3, -0.25) is 10.9 Å². The minimum absolute atomic E-state index is 0.0931. The first-order valence-electron chi connectivity index (χ1n) is 7.61. The molecule has 0 fully saturated rings. The van der Waals surface area contributed by atoms with E-state index in [1.54, 1.807) is 24.3 Å². The van der Waals surface area contributed by atoms with Crippen LogP contribution in [-0.4, -0.2) is 29.9 Å². The zero-order valence-electron chi connectivity index (χ0n) is 13.9. The first-order chi connectivity index (χ1) is 13.1. The van der Waals surface area contributed by atoms with Gasteiger partial charge in [0.05, 0.1) is 17.6 Å². The topological polar surface area (TPSA) is 48.8 Å². The van der Waals surface area contributed by atoms with Crippen LogP contribution in [0.25, 0.3) is 0 Å². The van der Waals surface area contributed by atoms with E-state index in [4.69, 9.17) is 0 Å². The van der Waals surface area contributed by atoms with E-state index in [-0.39, 0.29) is 11.9 Å². The summed E-state index contributed by atoms with van der Waals surface area (Å²) in [7, 11) is 0. The molecular formula is C17H13F7N4. The molecule has 0 saturated carbocycles. The maximum absolute atomic E-state index is 14.0. The standard InChI is InChI=1S/C17H13F7N4/c18-15(19,16(20,21)17(22,23)24)14(28-27-13-9-5-2-6-10-13)11-25-26-12-7-3-1-4-8-12/h1-11,26-27H/b25-11-,28-14-. The highest BCUT2D eigenvalue weighted by Crippen LogP contribution is 2.47. The number of hydrazone groups is 2. The molecule has 0 aromatic heterocycles. The van der Waals surface area contributed by atoms with Gasteiger partial charge in [-0.2, -0.15) is 40.9 Å². The van der Waals surface area contributed by atoms with Crippen LogP contribution < -0.4 is 10.9 Å². The third-order valence-electron chi connectivity index (χ3n) is 3.31. The van der Waals surface area contributed by atoms with Gasteiger partial charge in [0, 0.05) is 0 Å². The molecule has 0 unspecified atom stereocenters. The summed E-state index contributed by atoms with van der Waals surface area (Å²) in [5.74, 6) is -12.1. The van der Waals surface area contributed by atoms with Crippen LogP contribution in [0.2, 0.25) is 0 Å². The van der Waals surface area contributed by atoms with Crippen molar-refractivity contribution in [2.75, 3.05) is 10.9 Å². The molecule has 28 heavy (non-hydrogen) atoms. The van der Waals surface area contributed by atoms with Gasteiger partial charge in [0.25, 0.3) is 0 Å². The predicted octanol–water partition coefficient (Wildman–Crippen LogP) is 5.39. The number of nitrogens with zero attached hydrogens (tertiary/aromatic N) is 2. The molecule has 4 nitrogen and oxygen atoms in total. The molecule has 11 heteroatoms. The summed E-state index contributed by atoms with van der Waals surface area (Å²) < 4.78 is 92.2. The average Bonchev–Trinajstić information content (AvgIpc) is 2.65. The van der Waals surface area contributed by atoms with E-state index in [9.17, 15) is 30.7 Å². The van der Waals surface area contributed by atoms with Crippen molar-refractivity contribution < 1.29 is 30.7 Å². The van der Waals surface area contributed by atoms with Crippen molar-refractivity contribution in [3.63, 3.8) is 0 Å². The Morgan fingerprint density at radius 2 is 1.18 bits per heavy atom. The van der Waals surface area contributed by atoms with Crippen LogP contribution in [0.5, 0.6) is 0 Å². The molecule has 0 aliphatic heterocycles. The van der Waals surface area contributed by atoms with Crippen molar-refractivity contribution >= 4 is 23.3 Å². The van der Waals surface area contributed by atoms with Gasteiger partial charge in [-0.05, 0) is 24.3 Å². The Bertz CT molecular complexity index is 818. The van der Waals surface area contributed by atoms with Gasteiger partial charge in [0.15, 0.2) is 5.71 Å². The number of benzene rings is 2. The summed E-state index contributed by atoms with van der Waals surface area (Å²) >= 11 is 0. The molecule has 0 aliphatic rings. The van der Waals surface area contributed by atoms with Crippen molar-refractivity contribution in [1.29, 1.82) is 0 Å². The summed E-state index contributed by atoms with van der Waals surface area (Å²) in [5.41, 5.74) is 2.72. The lowest BCUT2D eigenvalue weighted by atomic mass is 10.1. The summed E-state index contributed by atoms with van der Waals surface area (Å²) in [6, 6.07) is 14.9.